The first kappa shape index (κ1) is 13.6. The van der Waals surface area contributed by atoms with Crippen LogP contribution in [0.1, 0.15) is 23.7 Å². The number of para-hydroxylation sites is 1. The van der Waals surface area contributed by atoms with Crippen molar-refractivity contribution in [1.29, 1.82) is 0 Å². The zero-order chi connectivity index (χ0) is 14.7. The molecule has 1 saturated heterocycles. The summed E-state index contributed by atoms with van der Waals surface area (Å²) >= 11 is 0. The third-order valence-electron chi connectivity index (χ3n) is 3.82. The van der Waals surface area contributed by atoms with Crippen LogP contribution in [0.2, 0.25) is 0 Å². The minimum absolute atomic E-state index is 0.102. The standard InChI is InChI=1S/C15H17N3O3/c1-20-13-5-3-2-4-11(13)8-14(19)18-7-6-12(9-18)15-16-10-21-17-15/h2-5,10,12H,6-9H2,1H3/t12-/m1/s1. The van der Waals surface area contributed by atoms with E-state index in [4.69, 9.17) is 9.26 Å². The van der Waals surface area contributed by atoms with Gasteiger partial charge in [-0.1, -0.05) is 23.4 Å². The Morgan fingerprint density at radius 2 is 2.33 bits per heavy atom. The number of benzene rings is 1. The lowest BCUT2D eigenvalue weighted by molar-refractivity contribution is -0.129. The predicted octanol–water partition coefficient (Wildman–Crippen LogP) is 1.64. The number of amides is 1. The molecule has 1 aliphatic heterocycles. The minimum atomic E-state index is 0.102. The maximum absolute atomic E-state index is 12.4. The summed E-state index contributed by atoms with van der Waals surface area (Å²) < 4.78 is 10.1. The van der Waals surface area contributed by atoms with Gasteiger partial charge in [0.2, 0.25) is 12.3 Å². The number of methoxy groups -OCH3 is 1. The molecule has 2 heterocycles. The van der Waals surface area contributed by atoms with Crippen LogP contribution in [0.25, 0.3) is 0 Å². The van der Waals surface area contributed by atoms with Gasteiger partial charge in [0.05, 0.1) is 13.5 Å². The van der Waals surface area contributed by atoms with E-state index in [0.717, 1.165) is 24.3 Å². The molecule has 6 heteroatoms. The normalized spacial score (nSPS) is 18.0. The Labute approximate surface area is 122 Å². The van der Waals surface area contributed by atoms with E-state index in [1.165, 1.54) is 6.39 Å². The molecule has 2 aromatic rings. The molecule has 1 aliphatic rings. The van der Waals surface area contributed by atoms with Gasteiger partial charge in [0.15, 0.2) is 5.82 Å². The quantitative estimate of drug-likeness (QED) is 0.855. The van der Waals surface area contributed by atoms with Crippen molar-refractivity contribution in [2.75, 3.05) is 20.2 Å². The summed E-state index contributed by atoms with van der Waals surface area (Å²) in [5.41, 5.74) is 0.910. The van der Waals surface area contributed by atoms with Crippen LogP contribution in [0.5, 0.6) is 5.75 Å². The van der Waals surface area contributed by atoms with E-state index in [9.17, 15) is 4.79 Å². The molecule has 3 rings (SSSR count). The highest BCUT2D eigenvalue weighted by Gasteiger charge is 2.30. The van der Waals surface area contributed by atoms with E-state index in [1.807, 2.05) is 29.2 Å². The van der Waals surface area contributed by atoms with Gasteiger partial charge in [-0.25, -0.2) is 0 Å². The molecule has 0 saturated carbocycles. The zero-order valence-electron chi connectivity index (χ0n) is 11.9. The highest BCUT2D eigenvalue weighted by Crippen LogP contribution is 2.26. The van der Waals surface area contributed by atoms with Crippen LogP contribution in [0.15, 0.2) is 35.2 Å². The first-order valence-electron chi connectivity index (χ1n) is 6.94. The second-order valence-electron chi connectivity index (χ2n) is 5.10. The molecular weight excluding hydrogens is 270 g/mol. The first-order valence-corrected chi connectivity index (χ1v) is 6.94. The maximum Gasteiger partial charge on any atom is 0.227 e. The van der Waals surface area contributed by atoms with Gasteiger partial charge in [-0.3, -0.25) is 4.79 Å². The number of nitrogens with zero attached hydrogens (tertiary/aromatic N) is 3. The van der Waals surface area contributed by atoms with Crippen molar-refractivity contribution in [3.63, 3.8) is 0 Å². The van der Waals surface area contributed by atoms with E-state index < -0.39 is 0 Å². The van der Waals surface area contributed by atoms with Gasteiger partial charge < -0.3 is 14.2 Å². The number of hydrogen-bond donors (Lipinski definition) is 0. The van der Waals surface area contributed by atoms with Gasteiger partial charge in [-0.15, -0.1) is 0 Å². The molecule has 1 aromatic heterocycles. The molecule has 0 spiro atoms. The number of aromatic nitrogens is 2. The zero-order valence-corrected chi connectivity index (χ0v) is 11.9. The molecule has 0 aliphatic carbocycles. The van der Waals surface area contributed by atoms with Crippen molar-refractivity contribution >= 4 is 5.91 Å². The van der Waals surface area contributed by atoms with Crippen molar-refractivity contribution in [2.24, 2.45) is 0 Å². The lowest BCUT2D eigenvalue weighted by Crippen LogP contribution is -2.30. The van der Waals surface area contributed by atoms with E-state index in [0.29, 0.717) is 18.8 Å². The van der Waals surface area contributed by atoms with Gasteiger partial charge in [0, 0.05) is 24.6 Å². The topological polar surface area (TPSA) is 68.5 Å². The number of hydrogen-bond acceptors (Lipinski definition) is 5. The van der Waals surface area contributed by atoms with Crippen LogP contribution in [0.3, 0.4) is 0 Å². The summed E-state index contributed by atoms with van der Waals surface area (Å²) in [5.74, 6) is 1.71. The van der Waals surface area contributed by atoms with Gasteiger partial charge in [-0.05, 0) is 12.5 Å². The summed E-state index contributed by atoms with van der Waals surface area (Å²) in [6, 6.07) is 7.60. The summed E-state index contributed by atoms with van der Waals surface area (Å²) in [4.78, 5) is 18.3. The van der Waals surface area contributed by atoms with Gasteiger partial charge in [-0.2, -0.15) is 4.98 Å². The van der Waals surface area contributed by atoms with Crippen LogP contribution >= 0.6 is 0 Å². The molecule has 1 amide bonds. The highest BCUT2D eigenvalue weighted by atomic mass is 16.5. The summed E-state index contributed by atoms with van der Waals surface area (Å²) in [6.07, 6.45) is 2.55. The Balaban J connectivity index is 1.64. The maximum atomic E-state index is 12.4. The lowest BCUT2D eigenvalue weighted by Gasteiger charge is -2.17. The molecule has 21 heavy (non-hydrogen) atoms. The molecule has 0 N–H and O–H groups in total. The molecule has 1 aromatic carbocycles. The Bertz CT molecular complexity index is 612. The monoisotopic (exact) mass is 287 g/mol. The number of likely N-dealkylation sites (tertiary alicyclic amines) is 1. The van der Waals surface area contributed by atoms with Crippen LogP contribution in [0.4, 0.5) is 0 Å². The van der Waals surface area contributed by atoms with Crippen molar-refractivity contribution in [3.05, 3.63) is 42.0 Å². The Kier molecular flexibility index (Phi) is 3.85. The largest absolute Gasteiger partial charge is 0.496 e. The number of carbonyl (C=O) groups is 1. The van der Waals surface area contributed by atoms with E-state index >= 15 is 0 Å². The van der Waals surface area contributed by atoms with Crippen LogP contribution in [-0.2, 0) is 11.2 Å². The average Bonchev–Trinajstić information content (AvgIpc) is 3.18. The smallest absolute Gasteiger partial charge is 0.227 e. The van der Waals surface area contributed by atoms with Crippen molar-refractivity contribution in [3.8, 4) is 5.75 Å². The van der Waals surface area contributed by atoms with E-state index in [1.54, 1.807) is 7.11 Å². The van der Waals surface area contributed by atoms with Gasteiger partial charge >= 0.3 is 0 Å². The van der Waals surface area contributed by atoms with Gasteiger partial charge in [0.25, 0.3) is 0 Å². The van der Waals surface area contributed by atoms with E-state index in [-0.39, 0.29) is 11.8 Å². The second-order valence-corrected chi connectivity index (χ2v) is 5.10. The molecule has 0 radical (unpaired) electrons. The minimum Gasteiger partial charge on any atom is -0.496 e. The molecule has 1 atom stereocenters. The third-order valence-corrected chi connectivity index (χ3v) is 3.82. The lowest BCUT2D eigenvalue weighted by atomic mass is 10.1. The van der Waals surface area contributed by atoms with Crippen LogP contribution in [0, 0.1) is 0 Å². The average molecular weight is 287 g/mol. The Morgan fingerprint density at radius 1 is 1.48 bits per heavy atom. The molecular formula is C15H17N3O3. The fraction of sp³-hybridized carbons (Fsp3) is 0.400. The summed E-state index contributed by atoms with van der Waals surface area (Å²) in [6.45, 7) is 1.38. The van der Waals surface area contributed by atoms with Crippen molar-refractivity contribution < 1.29 is 14.1 Å². The van der Waals surface area contributed by atoms with Crippen LogP contribution in [-0.4, -0.2) is 41.1 Å². The number of rotatable bonds is 4. The van der Waals surface area contributed by atoms with Gasteiger partial charge in [0.1, 0.15) is 5.75 Å². The molecule has 6 nitrogen and oxygen atoms in total. The fourth-order valence-electron chi connectivity index (χ4n) is 2.68. The molecule has 110 valence electrons. The third kappa shape index (κ3) is 2.89. The second kappa shape index (κ2) is 5.95. The van der Waals surface area contributed by atoms with Crippen LogP contribution < -0.4 is 4.74 Å². The SMILES string of the molecule is COc1ccccc1CC(=O)N1CC[C@@H](c2ncon2)C1. The molecule has 1 fully saturated rings. The fourth-order valence-corrected chi connectivity index (χ4v) is 2.68. The van der Waals surface area contributed by atoms with E-state index in [2.05, 4.69) is 10.1 Å². The van der Waals surface area contributed by atoms with Crippen molar-refractivity contribution in [2.45, 2.75) is 18.8 Å². The van der Waals surface area contributed by atoms with Crippen molar-refractivity contribution in [1.82, 2.24) is 15.0 Å². The molecule has 0 bridgehead atoms. The highest BCUT2D eigenvalue weighted by molar-refractivity contribution is 5.79. The number of carbonyl (C=O) groups excluding carboxylic acids is 1. The Hall–Kier alpha value is -2.37. The summed E-state index contributed by atoms with van der Waals surface area (Å²) in [5, 5.41) is 3.86. The predicted molar refractivity (Wildman–Crippen MR) is 74.9 cm³/mol. The molecule has 0 unspecified atom stereocenters. The number of ether oxygens (including phenoxy) is 1. The Morgan fingerprint density at radius 3 is 3.10 bits per heavy atom. The first-order chi connectivity index (χ1) is 10.3. The summed E-state index contributed by atoms with van der Waals surface area (Å²) in [7, 11) is 1.62.